The van der Waals surface area contributed by atoms with E-state index in [2.05, 4.69) is 17.1 Å². The van der Waals surface area contributed by atoms with Gasteiger partial charge in [0.25, 0.3) is 0 Å². The second kappa shape index (κ2) is 3.56. The lowest BCUT2D eigenvalue weighted by atomic mass is 10.00. The largest absolute Gasteiger partial charge is 0.325 e. The molecule has 1 unspecified atom stereocenters. The van der Waals surface area contributed by atoms with Crippen molar-refractivity contribution < 1.29 is 0 Å². The SMILES string of the molecule is CC(CN1CCNCC1)C1(N)CC1. The second-order valence-electron chi connectivity index (χ2n) is 4.68. The third-order valence-electron chi connectivity index (χ3n) is 3.55. The molecule has 3 heteroatoms. The third-order valence-corrected chi connectivity index (χ3v) is 3.55. The molecule has 2 fully saturated rings. The highest BCUT2D eigenvalue weighted by atomic mass is 15.2. The maximum Gasteiger partial charge on any atom is 0.0193 e. The van der Waals surface area contributed by atoms with Crippen LogP contribution in [0.3, 0.4) is 0 Å². The molecule has 1 saturated heterocycles. The van der Waals surface area contributed by atoms with E-state index in [1.807, 2.05) is 0 Å². The Hall–Kier alpha value is -0.120. The molecule has 1 saturated carbocycles. The molecule has 13 heavy (non-hydrogen) atoms. The Labute approximate surface area is 80.7 Å². The summed E-state index contributed by atoms with van der Waals surface area (Å²) in [6, 6.07) is 0. The second-order valence-corrected chi connectivity index (χ2v) is 4.68. The maximum atomic E-state index is 6.16. The Bertz CT molecular complexity index is 171. The molecule has 0 radical (unpaired) electrons. The van der Waals surface area contributed by atoms with Crippen molar-refractivity contribution in [1.29, 1.82) is 0 Å². The molecule has 1 heterocycles. The molecule has 0 aromatic rings. The number of rotatable bonds is 3. The smallest absolute Gasteiger partial charge is 0.0193 e. The summed E-state index contributed by atoms with van der Waals surface area (Å²) < 4.78 is 0. The van der Waals surface area contributed by atoms with E-state index in [0.29, 0.717) is 5.92 Å². The number of hydrogen-bond acceptors (Lipinski definition) is 3. The highest BCUT2D eigenvalue weighted by Gasteiger charge is 2.43. The third kappa shape index (κ3) is 2.22. The van der Waals surface area contributed by atoms with Crippen LogP contribution in [-0.4, -0.2) is 43.2 Å². The standard InChI is InChI=1S/C10H21N3/c1-9(10(11)2-3-10)8-13-6-4-12-5-7-13/h9,12H,2-8,11H2,1H3. The highest BCUT2D eigenvalue weighted by Crippen LogP contribution is 2.39. The first-order valence-corrected chi connectivity index (χ1v) is 5.43. The van der Waals surface area contributed by atoms with Gasteiger partial charge >= 0.3 is 0 Å². The van der Waals surface area contributed by atoms with Gasteiger partial charge in [-0.3, -0.25) is 0 Å². The number of nitrogens with zero attached hydrogens (tertiary/aromatic N) is 1. The van der Waals surface area contributed by atoms with E-state index in [1.165, 1.54) is 32.5 Å². The monoisotopic (exact) mass is 183 g/mol. The quantitative estimate of drug-likeness (QED) is 0.648. The molecule has 0 amide bonds. The molecule has 3 N–H and O–H groups in total. The Kier molecular flexibility index (Phi) is 2.58. The first kappa shape index (κ1) is 9.44. The van der Waals surface area contributed by atoms with Crippen LogP contribution in [-0.2, 0) is 0 Å². The molecule has 0 aromatic heterocycles. The van der Waals surface area contributed by atoms with Crippen molar-refractivity contribution in [2.45, 2.75) is 25.3 Å². The fraction of sp³-hybridized carbons (Fsp3) is 1.00. The van der Waals surface area contributed by atoms with E-state index in [-0.39, 0.29) is 5.54 Å². The Balaban J connectivity index is 1.76. The van der Waals surface area contributed by atoms with Crippen molar-refractivity contribution in [3.8, 4) is 0 Å². The summed E-state index contributed by atoms with van der Waals surface area (Å²) in [4.78, 5) is 2.54. The molecule has 1 aliphatic heterocycles. The lowest BCUT2D eigenvalue weighted by Gasteiger charge is -2.31. The van der Waals surface area contributed by atoms with Crippen LogP contribution in [0.5, 0.6) is 0 Å². The first-order valence-electron chi connectivity index (χ1n) is 5.43. The fourth-order valence-electron chi connectivity index (χ4n) is 2.10. The van der Waals surface area contributed by atoms with E-state index in [0.717, 1.165) is 13.1 Å². The van der Waals surface area contributed by atoms with Gasteiger partial charge in [-0.05, 0) is 18.8 Å². The van der Waals surface area contributed by atoms with Crippen LogP contribution in [0.4, 0.5) is 0 Å². The van der Waals surface area contributed by atoms with Crippen LogP contribution in [0, 0.1) is 5.92 Å². The number of hydrogen-bond donors (Lipinski definition) is 2. The van der Waals surface area contributed by atoms with Gasteiger partial charge in [0, 0.05) is 38.3 Å². The van der Waals surface area contributed by atoms with Crippen molar-refractivity contribution >= 4 is 0 Å². The van der Waals surface area contributed by atoms with E-state index < -0.39 is 0 Å². The van der Waals surface area contributed by atoms with Gasteiger partial charge in [0.05, 0.1) is 0 Å². The van der Waals surface area contributed by atoms with E-state index in [1.54, 1.807) is 0 Å². The predicted molar refractivity (Wildman–Crippen MR) is 54.6 cm³/mol. The zero-order chi connectivity index (χ0) is 9.31. The summed E-state index contributed by atoms with van der Waals surface area (Å²) in [6.07, 6.45) is 2.47. The lowest BCUT2D eigenvalue weighted by Crippen LogP contribution is -2.47. The van der Waals surface area contributed by atoms with Crippen molar-refractivity contribution in [3.63, 3.8) is 0 Å². The molecule has 3 nitrogen and oxygen atoms in total. The fourth-order valence-corrected chi connectivity index (χ4v) is 2.10. The molecule has 0 aromatic carbocycles. The molecule has 0 spiro atoms. The molecule has 0 bridgehead atoms. The summed E-state index contributed by atoms with van der Waals surface area (Å²) in [7, 11) is 0. The van der Waals surface area contributed by atoms with Gasteiger partial charge in [-0.2, -0.15) is 0 Å². The average Bonchev–Trinajstić information content (AvgIpc) is 2.87. The number of piperazine rings is 1. The lowest BCUT2D eigenvalue weighted by molar-refractivity contribution is 0.195. The van der Waals surface area contributed by atoms with Gasteiger partial charge in [-0.15, -0.1) is 0 Å². The van der Waals surface area contributed by atoms with E-state index in [9.17, 15) is 0 Å². The van der Waals surface area contributed by atoms with Crippen molar-refractivity contribution in [2.75, 3.05) is 32.7 Å². The first-order chi connectivity index (χ1) is 6.21. The minimum atomic E-state index is 0.199. The van der Waals surface area contributed by atoms with Gasteiger partial charge in [0.1, 0.15) is 0 Å². The van der Waals surface area contributed by atoms with Gasteiger partial charge in [0.2, 0.25) is 0 Å². The summed E-state index contributed by atoms with van der Waals surface area (Å²) in [5.74, 6) is 0.672. The predicted octanol–water partition coefficient (Wildman–Crippen LogP) is 0.0190. The maximum absolute atomic E-state index is 6.16. The van der Waals surface area contributed by atoms with Gasteiger partial charge in [-0.1, -0.05) is 6.92 Å². The number of nitrogens with one attached hydrogen (secondary N) is 1. The molecule has 1 atom stereocenters. The average molecular weight is 183 g/mol. The minimum Gasteiger partial charge on any atom is -0.325 e. The van der Waals surface area contributed by atoms with Crippen LogP contribution >= 0.6 is 0 Å². The van der Waals surface area contributed by atoms with Crippen LogP contribution < -0.4 is 11.1 Å². The zero-order valence-corrected chi connectivity index (χ0v) is 8.55. The normalized spacial score (nSPS) is 30.0. The number of nitrogens with two attached hydrogens (primary N) is 1. The molecule has 1 aliphatic carbocycles. The zero-order valence-electron chi connectivity index (χ0n) is 8.55. The highest BCUT2D eigenvalue weighted by molar-refractivity contribution is 5.03. The van der Waals surface area contributed by atoms with E-state index >= 15 is 0 Å². The molecule has 2 aliphatic rings. The van der Waals surface area contributed by atoms with E-state index in [4.69, 9.17) is 5.73 Å². The molecule has 2 rings (SSSR count). The topological polar surface area (TPSA) is 41.3 Å². The molecule has 76 valence electrons. The van der Waals surface area contributed by atoms with Crippen LogP contribution in [0.1, 0.15) is 19.8 Å². The van der Waals surface area contributed by atoms with Gasteiger partial charge in [0.15, 0.2) is 0 Å². The minimum absolute atomic E-state index is 0.199. The van der Waals surface area contributed by atoms with Gasteiger partial charge in [-0.25, -0.2) is 0 Å². The summed E-state index contributed by atoms with van der Waals surface area (Å²) >= 11 is 0. The van der Waals surface area contributed by atoms with Gasteiger partial charge < -0.3 is 16.0 Å². The van der Waals surface area contributed by atoms with Crippen molar-refractivity contribution in [1.82, 2.24) is 10.2 Å². The Morgan fingerprint density at radius 3 is 2.54 bits per heavy atom. The molecular weight excluding hydrogens is 162 g/mol. The Morgan fingerprint density at radius 1 is 1.38 bits per heavy atom. The van der Waals surface area contributed by atoms with Crippen molar-refractivity contribution in [3.05, 3.63) is 0 Å². The molecular formula is C10H21N3. The van der Waals surface area contributed by atoms with Crippen LogP contribution in [0.15, 0.2) is 0 Å². The van der Waals surface area contributed by atoms with Crippen molar-refractivity contribution in [2.24, 2.45) is 11.7 Å². The van der Waals surface area contributed by atoms with Crippen LogP contribution in [0.25, 0.3) is 0 Å². The summed E-state index contributed by atoms with van der Waals surface area (Å²) in [5, 5.41) is 3.37. The van der Waals surface area contributed by atoms with Crippen LogP contribution in [0.2, 0.25) is 0 Å². The summed E-state index contributed by atoms with van der Waals surface area (Å²) in [6.45, 7) is 8.17. The summed E-state index contributed by atoms with van der Waals surface area (Å²) in [5.41, 5.74) is 6.36. The Morgan fingerprint density at radius 2 is 2.00 bits per heavy atom.